The molecule has 0 aliphatic rings. The highest BCUT2D eigenvalue weighted by molar-refractivity contribution is 14.0. The van der Waals surface area contributed by atoms with Gasteiger partial charge in [-0.25, -0.2) is 18.1 Å². The molecule has 0 radical (unpaired) electrons. The van der Waals surface area contributed by atoms with Gasteiger partial charge in [0.1, 0.15) is 5.01 Å². The van der Waals surface area contributed by atoms with Crippen LogP contribution < -0.4 is 15.4 Å². The van der Waals surface area contributed by atoms with Crippen molar-refractivity contribution in [1.29, 1.82) is 0 Å². The molecule has 0 aromatic carbocycles. The van der Waals surface area contributed by atoms with Crippen LogP contribution in [0.15, 0.2) is 10.4 Å². The minimum absolute atomic E-state index is 0. The van der Waals surface area contributed by atoms with Crippen molar-refractivity contribution in [3.8, 4) is 0 Å². The Hall–Kier alpha value is -0.670. The zero-order valence-electron chi connectivity index (χ0n) is 13.7. The van der Waals surface area contributed by atoms with Gasteiger partial charge < -0.3 is 10.6 Å². The summed E-state index contributed by atoms with van der Waals surface area (Å²) in [4.78, 5) is 7.44. The van der Waals surface area contributed by atoms with Crippen molar-refractivity contribution in [2.75, 3.05) is 25.9 Å². The van der Waals surface area contributed by atoms with Crippen LogP contribution in [0.25, 0.3) is 0 Å². The Balaban J connectivity index is 0.00000576. The number of thiazole rings is 1. The minimum atomic E-state index is -4.44. The van der Waals surface area contributed by atoms with E-state index in [4.69, 9.17) is 0 Å². The van der Waals surface area contributed by atoms with Crippen LogP contribution >= 0.6 is 35.3 Å². The maximum Gasteiger partial charge on any atom is 0.434 e. The summed E-state index contributed by atoms with van der Waals surface area (Å²) in [6.07, 6.45) is -3.91. The first-order chi connectivity index (χ1) is 11.2. The number of alkyl halides is 3. The van der Waals surface area contributed by atoms with Crippen LogP contribution in [0.4, 0.5) is 13.2 Å². The molecule has 0 saturated heterocycles. The van der Waals surface area contributed by atoms with Crippen LogP contribution in [0.5, 0.6) is 0 Å². The highest BCUT2D eigenvalue weighted by Crippen LogP contribution is 2.29. The normalized spacial score (nSPS) is 12.6. The highest BCUT2D eigenvalue weighted by atomic mass is 127. The number of nitrogens with zero attached hydrogens (tertiary/aromatic N) is 2. The molecule has 1 aromatic heterocycles. The molecule has 1 rings (SSSR count). The Labute approximate surface area is 166 Å². The molecule has 0 saturated carbocycles. The van der Waals surface area contributed by atoms with Gasteiger partial charge in [-0.3, -0.25) is 4.99 Å². The average Bonchev–Trinajstić information content (AvgIpc) is 2.99. The van der Waals surface area contributed by atoms with Crippen LogP contribution in [0, 0.1) is 0 Å². The summed E-state index contributed by atoms with van der Waals surface area (Å²) in [5.41, 5.74) is -0.907. The number of hydrogen-bond acceptors (Lipinski definition) is 5. The van der Waals surface area contributed by atoms with Crippen molar-refractivity contribution in [3.05, 3.63) is 16.1 Å². The molecule has 0 bridgehead atoms. The number of halogens is 4. The summed E-state index contributed by atoms with van der Waals surface area (Å²) < 4.78 is 62.3. The second-order valence-corrected chi connectivity index (χ2v) is 7.67. The van der Waals surface area contributed by atoms with E-state index in [9.17, 15) is 21.6 Å². The standard InChI is InChI=1S/C12H20F3N5O2S2.HI/c1-3-24(21,22)19-6-4-5-17-11(16-2)18-7-10-20-9(8-23-10)12(13,14)15;/h8,19H,3-7H2,1-2H3,(H2,16,17,18);1H. The molecule has 1 aromatic rings. The van der Waals surface area contributed by atoms with Gasteiger partial charge in [0.25, 0.3) is 0 Å². The summed E-state index contributed by atoms with van der Waals surface area (Å²) in [5.74, 6) is 0.425. The van der Waals surface area contributed by atoms with Gasteiger partial charge in [-0.05, 0) is 13.3 Å². The Morgan fingerprint density at radius 2 is 2.00 bits per heavy atom. The summed E-state index contributed by atoms with van der Waals surface area (Å²) in [6, 6.07) is 0. The van der Waals surface area contributed by atoms with E-state index in [1.807, 2.05) is 0 Å². The molecule has 1 heterocycles. The average molecular weight is 515 g/mol. The van der Waals surface area contributed by atoms with E-state index in [2.05, 4.69) is 25.3 Å². The molecule has 0 atom stereocenters. The zero-order valence-corrected chi connectivity index (χ0v) is 17.6. The van der Waals surface area contributed by atoms with Crippen LogP contribution in [0.2, 0.25) is 0 Å². The van der Waals surface area contributed by atoms with Gasteiger partial charge in [0.15, 0.2) is 11.7 Å². The van der Waals surface area contributed by atoms with Crippen molar-refractivity contribution in [2.45, 2.75) is 26.1 Å². The van der Waals surface area contributed by atoms with Gasteiger partial charge >= 0.3 is 6.18 Å². The fraction of sp³-hybridized carbons (Fsp3) is 0.667. The summed E-state index contributed by atoms with van der Waals surface area (Å²) >= 11 is 0.913. The third kappa shape index (κ3) is 9.55. The number of rotatable bonds is 8. The summed E-state index contributed by atoms with van der Waals surface area (Å²) in [5, 5.41) is 7.05. The number of sulfonamides is 1. The van der Waals surface area contributed by atoms with Crippen LogP contribution in [0.3, 0.4) is 0 Å². The zero-order chi connectivity index (χ0) is 18.2. The smallest absolute Gasteiger partial charge is 0.356 e. The predicted molar refractivity (Wildman–Crippen MR) is 103 cm³/mol. The van der Waals surface area contributed by atoms with Crippen molar-refractivity contribution < 1.29 is 21.6 Å². The number of guanidine groups is 1. The quantitative estimate of drug-likeness (QED) is 0.212. The first kappa shape index (κ1) is 24.3. The molecule has 146 valence electrons. The van der Waals surface area contributed by atoms with Gasteiger partial charge in [0.2, 0.25) is 10.0 Å². The van der Waals surface area contributed by atoms with E-state index < -0.39 is 21.9 Å². The highest BCUT2D eigenvalue weighted by Gasteiger charge is 2.33. The second-order valence-electron chi connectivity index (χ2n) is 4.63. The van der Waals surface area contributed by atoms with Crippen LogP contribution in [-0.2, 0) is 22.7 Å². The molecule has 0 aliphatic heterocycles. The Kier molecular flexibility index (Phi) is 10.8. The molecule has 0 unspecified atom stereocenters. The number of nitrogens with one attached hydrogen (secondary N) is 3. The van der Waals surface area contributed by atoms with Gasteiger partial charge in [0.05, 0.1) is 12.3 Å². The van der Waals surface area contributed by atoms with E-state index in [0.29, 0.717) is 30.5 Å². The van der Waals surface area contributed by atoms with E-state index >= 15 is 0 Å². The lowest BCUT2D eigenvalue weighted by atomic mass is 10.4. The predicted octanol–water partition coefficient (Wildman–Crippen LogP) is 1.77. The number of aromatic nitrogens is 1. The van der Waals surface area contributed by atoms with Crippen molar-refractivity contribution in [2.24, 2.45) is 4.99 Å². The van der Waals surface area contributed by atoms with E-state index in [0.717, 1.165) is 16.7 Å². The Morgan fingerprint density at radius 3 is 2.52 bits per heavy atom. The lowest BCUT2D eigenvalue weighted by Crippen LogP contribution is -2.38. The molecule has 7 nitrogen and oxygen atoms in total. The first-order valence-electron chi connectivity index (χ1n) is 7.11. The Morgan fingerprint density at radius 1 is 1.32 bits per heavy atom. The molecule has 13 heteroatoms. The van der Waals surface area contributed by atoms with Crippen molar-refractivity contribution >= 4 is 51.3 Å². The van der Waals surface area contributed by atoms with E-state index in [1.165, 1.54) is 7.05 Å². The largest absolute Gasteiger partial charge is 0.434 e. The molecule has 0 aliphatic carbocycles. The van der Waals surface area contributed by atoms with Gasteiger partial charge in [-0.1, -0.05) is 0 Å². The molecular weight excluding hydrogens is 494 g/mol. The SMILES string of the molecule is CCS(=O)(=O)NCCCNC(=NC)NCc1nc(C(F)(F)F)cs1.I. The topological polar surface area (TPSA) is 95.5 Å². The van der Waals surface area contributed by atoms with Gasteiger partial charge in [-0.2, -0.15) is 13.2 Å². The fourth-order valence-corrected chi connectivity index (χ4v) is 2.93. The molecule has 25 heavy (non-hydrogen) atoms. The van der Waals surface area contributed by atoms with Gasteiger partial charge in [0, 0.05) is 25.5 Å². The third-order valence-corrected chi connectivity index (χ3v) is 5.07. The Bertz CT molecular complexity index is 649. The number of hydrogen-bond donors (Lipinski definition) is 3. The molecule has 0 fully saturated rings. The van der Waals surface area contributed by atoms with E-state index in [1.54, 1.807) is 6.92 Å². The summed E-state index contributed by atoms with van der Waals surface area (Å²) in [7, 11) is -1.68. The molecule has 0 spiro atoms. The maximum atomic E-state index is 12.5. The lowest BCUT2D eigenvalue weighted by molar-refractivity contribution is -0.140. The van der Waals surface area contributed by atoms with Crippen molar-refractivity contribution in [3.63, 3.8) is 0 Å². The molecular formula is C12H21F3IN5O2S2. The maximum absolute atomic E-state index is 12.5. The second kappa shape index (κ2) is 11.1. The minimum Gasteiger partial charge on any atom is -0.356 e. The molecule has 3 N–H and O–H groups in total. The van der Waals surface area contributed by atoms with E-state index in [-0.39, 0.29) is 36.3 Å². The number of aliphatic imine (C=N–C) groups is 1. The summed E-state index contributed by atoms with van der Waals surface area (Å²) in [6.45, 7) is 2.41. The van der Waals surface area contributed by atoms with Crippen LogP contribution in [-0.4, -0.2) is 45.3 Å². The lowest BCUT2D eigenvalue weighted by Gasteiger charge is -2.11. The molecule has 0 amide bonds. The third-order valence-electron chi connectivity index (χ3n) is 2.82. The van der Waals surface area contributed by atoms with Crippen molar-refractivity contribution in [1.82, 2.24) is 20.3 Å². The first-order valence-corrected chi connectivity index (χ1v) is 9.64. The monoisotopic (exact) mass is 515 g/mol. The van der Waals surface area contributed by atoms with Crippen LogP contribution in [0.1, 0.15) is 24.0 Å². The fourth-order valence-electron chi connectivity index (χ4n) is 1.53. The van der Waals surface area contributed by atoms with Gasteiger partial charge in [-0.15, -0.1) is 35.3 Å².